The van der Waals surface area contributed by atoms with Gasteiger partial charge >= 0.3 is 5.97 Å². The number of amides is 1. The van der Waals surface area contributed by atoms with Crippen molar-refractivity contribution in [1.29, 1.82) is 0 Å². The molecule has 1 aliphatic heterocycles. The van der Waals surface area contributed by atoms with Gasteiger partial charge in [-0.05, 0) is 29.8 Å². The Bertz CT molecular complexity index is 966. The molecular weight excluding hydrogens is 374 g/mol. The molecule has 0 saturated carbocycles. The molecule has 26 heavy (non-hydrogen) atoms. The molecule has 3 rings (SSSR count). The number of nitrogens with zero attached hydrogens (tertiary/aromatic N) is 1. The molecule has 1 amide bonds. The largest absolute Gasteiger partial charge is 0.872 e. The molecule has 0 aromatic heterocycles. The van der Waals surface area contributed by atoms with Crippen LogP contribution < -0.4 is 10.0 Å². The van der Waals surface area contributed by atoms with Gasteiger partial charge in [-0.15, -0.1) is 0 Å². The monoisotopic (exact) mass is 384 g/mol. The maximum atomic E-state index is 12.6. The van der Waals surface area contributed by atoms with Crippen molar-refractivity contribution < 1.29 is 24.6 Å². The third-order valence-corrected chi connectivity index (χ3v) is 4.92. The van der Waals surface area contributed by atoms with E-state index in [-0.39, 0.29) is 15.6 Å². The first-order chi connectivity index (χ1) is 12.4. The highest BCUT2D eigenvalue weighted by atomic mass is 32.2. The average molecular weight is 384 g/mol. The molecule has 2 aromatic carbocycles. The first-order valence-corrected chi connectivity index (χ1v) is 8.51. The molecule has 1 saturated heterocycles. The highest BCUT2D eigenvalue weighted by Crippen LogP contribution is 2.37. The van der Waals surface area contributed by atoms with Crippen LogP contribution in [0.3, 0.4) is 0 Å². The Kier molecular flexibility index (Phi) is 4.88. The predicted molar refractivity (Wildman–Crippen MR) is 100 cm³/mol. The van der Waals surface area contributed by atoms with Crippen LogP contribution in [0.25, 0.3) is 6.08 Å². The van der Waals surface area contributed by atoms with E-state index in [0.29, 0.717) is 10.5 Å². The summed E-state index contributed by atoms with van der Waals surface area (Å²) in [5, 5.41) is 20.8. The fraction of sp³-hybridized carbons (Fsp3) is 0. The van der Waals surface area contributed by atoms with Crippen molar-refractivity contribution >= 4 is 58.2 Å². The van der Waals surface area contributed by atoms with Gasteiger partial charge in [0.15, 0.2) is 4.32 Å². The number of benzene rings is 2. The molecule has 0 bridgehead atoms. The zero-order valence-electron chi connectivity index (χ0n) is 13.0. The Hall–Kier alpha value is -2.97. The summed E-state index contributed by atoms with van der Waals surface area (Å²) in [5.41, 5.74) is 1.10. The SMILES string of the molecule is O=Cc1ccc(/C=C2\SC(=S)N(c3ccc(C(=O)O)c([O-])c3)C2=O)cc1. The molecule has 0 spiro atoms. The van der Waals surface area contributed by atoms with Crippen molar-refractivity contribution in [3.63, 3.8) is 0 Å². The van der Waals surface area contributed by atoms with E-state index >= 15 is 0 Å². The molecule has 0 aliphatic carbocycles. The summed E-state index contributed by atoms with van der Waals surface area (Å²) in [5.74, 6) is -2.43. The van der Waals surface area contributed by atoms with E-state index in [0.717, 1.165) is 35.7 Å². The Morgan fingerprint density at radius 2 is 1.81 bits per heavy atom. The van der Waals surface area contributed by atoms with Crippen LogP contribution in [0, 0.1) is 0 Å². The number of aromatic carboxylic acids is 1. The standard InChI is InChI=1S/C18H11NO5S2/c20-9-11-3-1-10(2-4-11)7-15-16(22)19(18(25)26-15)12-5-6-13(17(23)24)14(21)8-12/h1-9,21H,(H,23,24)/p-1/b15-7-. The van der Waals surface area contributed by atoms with Gasteiger partial charge in [-0.1, -0.05) is 54.0 Å². The maximum Gasteiger partial charge on any atom is 0.335 e. The molecule has 1 aliphatic rings. The lowest BCUT2D eigenvalue weighted by atomic mass is 10.1. The number of hydrogen-bond donors (Lipinski definition) is 1. The summed E-state index contributed by atoms with van der Waals surface area (Å²) >= 11 is 6.30. The number of carbonyl (C=O) groups excluding carboxylic acids is 2. The lowest BCUT2D eigenvalue weighted by molar-refractivity contribution is -0.268. The number of carbonyl (C=O) groups is 3. The number of carboxylic acids is 1. The minimum Gasteiger partial charge on any atom is -0.872 e. The second-order valence-corrected chi connectivity index (χ2v) is 6.96. The third kappa shape index (κ3) is 3.37. The van der Waals surface area contributed by atoms with Crippen LogP contribution in [0.4, 0.5) is 5.69 Å². The van der Waals surface area contributed by atoms with E-state index in [9.17, 15) is 19.5 Å². The van der Waals surface area contributed by atoms with Gasteiger partial charge in [-0.25, -0.2) is 4.79 Å². The fourth-order valence-electron chi connectivity index (χ4n) is 2.34. The summed E-state index contributed by atoms with van der Waals surface area (Å²) in [4.78, 5) is 35.8. The van der Waals surface area contributed by atoms with Crippen LogP contribution in [0.15, 0.2) is 47.4 Å². The summed E-state index contributed by atoms with van der Waals surface area (Å²) < 4.78 is 0.244. The van der Waals surface area contributed by atoms with Crippen LogP contribution in [0.5, 0.6) is 5.75 Å². The van der Waals surface area contributed by atoms with E-state index < -0.39 is 17.6 Å². The number of anilines is 1. The Morgan fingerprint density at radius 1 is 1.15 bits per heavy atom. The van der Waals surface area contributed by atoms with E-state index in [2.05, 4.69) is 0 Å². The first-order valence-electron chi connectivity index (χ1n) is 7.28. The zero-order valence-corrected chi connectivity index (χ0v) is 14.7. The smallest absolute Gasteiger partial charge is 0.335 e. The minimum atomic E-state index is -1.33. The fourth-order valence-corrected chi connectivity index (χ4v) is 3.64. The highest BCUT2D eigenvalue weighted by Gasteiger charge is 2.33. The number of aldehydes is 1. The Morgan fingerprint density at radius 3 is 2.38 bits per heavy atom. The van der Waals surface area contributed by atoms with Gasteiger partial charge in [0.2, 0.25) is 0 Å². The molecule has 1 fully saturated rings. The molecule has 130 valence electrons. The van der Waals surface area contributed by atoms with Crippen molar-refractivity contribution in [2.75, 3.05) is 4.90 Å². The topological polar surface area (TPSA) is 97.7 Å². The van der Waals surface area contributed by atoms with Crippen molar-refractivity contribution in [3.8, 4) is 5.75 Å². The molecule has 1 heterocycles. The maximum absolute atomic E-state index is 12.6. The molecule has 2 aromatic rings. The first kappa shape index (κ1) is 17.8. The minimum absolute atomic E-state index is 0.224. The number of thiocarbonyl (C=S) groups is 1. The Labute approximate surface area is 157 Å². The molecule has 0 radical (unpaired) electrons. The number of thioether (sulfide) groups is 1. The normalized spacial score (nSPS) is 15.5. The molecule has 8 heteroatoms. The summed E-state index contributed by atoms with van der Waals surface area (Å²) in [6.45, 7) is 0. The average Bonchev–Trinajstić information content (AvgIpc) is 2.88. The van der Waals surface area contributed by atoms with Gasteiger partial charge in [-0.2, -0.15) is 0 Å². The quantitative estimate of drug-likeness (QED) is 0.492. The number of rotatable bonds is 4. The van der Waals surface area contributed by atoms with E-state index in [1.54, 1.807) is 30.3 Å². The molecule has 1 N–H and O–H groups in total. The van der Waals surface area contributed by atoms with E-state index in [4.69, 9.17) is 17.3 Å². The number of hydrogen-bond acceptors (Lipinski definition) is 6. The summed E-state index contributed by atoms with van der Waals surface area (Å²) in [6.07, 6.45) is 2.36. The summed E-state index contributed by atoms with van der Waals surface area (Å²) in [6, 6.07) is 10.3. The van der Waals surface area contributed by atoms with Crippen LogP contribution in [0.1, 0.15) is 26.3 Å². The van der Waals surface area contributed by atoms with Crippen molar-refractivity contribution in [1.82, 2.24) is 0 Å². The van der Waals surface area contributed by atoms with Gasteiger partial charge in [0, 0.05) is 5.56 Å². The van der Waals surface area contributed by atoms with Gasteiger partial charge in [0.05, 0.1) is 16.2 Å². The van der Waals surface area contributed by atoms with Crippen molar-refractivity contribution in [3.05, 3.63) is 64.1 Å². The van der Waals surface area contributed by atoms with Crippen molar-refractivity contribution in [2.45, 2.75) is 0 Å². The molecule has 0 unspecified atom stereocenters. The molecular formula is C18H10NO5S2-. The highest BCUT2D eigenvalue weighted by molar-refractivity contribution is 8.27. The Balaban J connectivity index is 1.91. The van der Waals surface area contributed by atoms with Crippen molar-refractivity contribution in [2.24, 2.45) is 0 Å². The second-order valence-electron chi connectivity index (χ2n) is 5.29. The second kappa shape index (κ2) is 7.11. The third-order valence-electron chi connectivity index (χ3n) is 3.62. The van der Waals surface area contributed by atoms with E-state index in [1.807, 2.05) is 0 Å². The zero-order chi connectivity index (χ0) is 18.8. The molecule has 6 nitrogen and oxygen atoms in total. The van der Waals surface area contributed by atoms with Gasteiger partial charge in [0.25, 0.3) is 5.91 Å². The molecule has 0 atom stereocenters. The number of carboxylic acid groups (broad SMARTS) is 1. The van der Waals surface area contributed by atoms with Crippen LogP contribution in [-0.4, -0.2) is 27.6 Å². The summed E-state index contributed by atoms with van der Waals surface area (Å²) in [7, 11) is 0. The van der Waals surface area contributed by atoms with Gasteiger partial charge < -0.3 is 10.2 Å². The van der Waals surface area contributed by atoms with Crippen LogP contribution in [-0.2, 0) is 4.79 Å². The van der Waals surface area contributed by atoms with Crippen LogP contribution >= 0.6 is 24.0 Å². The lowest BCUT2D eigenvalue weighted by Gasteiger charge is -2.18. The predicted octanol–water partition coefficient (Wildman–Crippen LogP) is 2.68. The van der Waals surface area contributed by atoms with Gasteiger partial charge in [-0.3, -0.25) is 14.5 Å². The lowest BCUT2D eigenvalue weighted by Crippen LogP contribution is -2.27. The van der Waals surface area contributed by atoms with Gasteiger partial charge in [0.1, 0.15) is 6.29 Å². The van der Waals surface area contributed by atoms with E-state index in [1.165, 1.54) is 11.0 Å². The van der Waals surface area contributed by atoms with Crippen LogP contribution in [0.2, 0.25) is 0 Å².